The lowest BCUT2D eigenvalue weighted by molar-refractivity contribution is 0.390. The lowest BCUT2D eigenvalue weighted by Gasteiger charge is -2.10. The summed E-state index contributed by atoms with van der Waals surface area (Å²) in [6.45, 7) is 2.34. The first-order valence-corrected chi connectivity index (χ1v) is 8.28. The van der Waals surface area contributed by atoms with Crippen LogP contribution in [0.15, 0.2) is 41.2 Å². The molecule has 3 aromatic rings. The van der Waals surface area contributed by atoms with E-state index in [-0.39, 0.29) is 30.6 Å². The standard InChI is InChI=1S/C18H18FN5O.2ClH/c19-13-3-1-12(2-4-13)17-9-14(25-24-17)10-21-18-15-5-7-20-8-6-16(15)22-11-23-18;;/h1-4,9,11,20H,5-8,10H2,(H,21,22,23);2*1H. The van der Waals surface area contributed by atoms with Crippen molar-refractivity contribution in [2.24, 2.45) is 0 Å². The quantitative estimate of drug-likeness (QED) is 0.684. The van der Waals surface area contributed by atoms with Gasteiger partial charge in [-0.3, -0.25) is 0 Å². The van der Waals surface area contributed by atoms with E-state index in [1.165, 1.54) is 12.1 Å². The Morgan fingerprint density at radius 2 is 1.85 bits per heavy atom. The molecule has 144 valence electrons. The highest BCUT2D eigenvalue weighted by Gasteiger charge is 2.14. The summed E-state index contributed by atoms with van der Waals surface area (Å²) in [5.74, 6) is 1.26. The Bertz CT molecular complexity index is 872. The van der Waals surface area contributed by atoms with Crippen molar-refractivity contribution in [2.75, 3.05) is 18.4 Å². The molecule has 0 saturated heterocycles. The minimum absolute atomic E-state index is 0. The molecule has 1 aliphatic heterocycles. The van der Waals surface area contributed by atoms with E-state index in [0.717, 1.165) is 48.6 Å². The van der Waals surface area contributed by atoms with Crippen LogP contribution in [0.25, 0.3) is 11.3 Å². The SMILES string of the molecule is Cl.Cl.Fc1ccc(-c2cc(CNc3ncnc4c3CCNCC4)on2)cc1. The number of nitrogens with one attached hydrogen (secondary N) is 2. The molecule has 0 spiro atoms. The van der Waals surface area contributed by atoms with Gasteiger partial charge in [-0.25, -0.2) is 14.4 Å². The molecule has 9 heteroatoms. The van der Waals surface area contributed by atoms with E-state index in [0.29, 0.717) is 18.0 Å². The lowest BCUT2D eigenvalue weighted by atomic mass is 10.1. The number of fused-ring (bicyclic) bond motifs is 1. The molecular formula is C18H20Cl2FN5O. The molecule has 2 aromatic heterocycles. The van der Waals surface area contributed by atoms with Gasteiger partial charge in [0.25, 0.3) is 0 Å². The number of aromatic nitrogens is 3. The Labute approximate surface area is 168 Å². The summed E-state index contributed by atoms with van der Waals surface area (Å²) in [5, 5.41) is 10.7. The Morgan fingerprint density at radius 1 is 1.07 bits per heavy atom. The Balaban J connectivity index is 0.00000131. The highest BCUT2D eigenvalue weighted by molar-refractivity contribution is 5.85. The van der Waals surface area contributed by atoms with Crippen molar-refractivity contribution in [1.82, 2.24) is 20.4 Å². The van der Waals surface area contributed by atoms with Crippen LogP contribution in [0.4, 0.5) is 10.2 Å². The maximum atomic E-state index is 13.0. The molecule has 0 amide bonds. The molecule has 2 N–H and O–H groups in total. The second-order valence-corrected chi connectivity index (χ2v) is 5.94. The second kappa shape index (κ2) is 9.64. The second-order valence-electron chi connectivity index (χ2n) is 5.94. The number of rotatable bonds is 4. The summed E-state index contributed by atoms with van der Waals surface area (Å²) in [4.78, 5) is 8.76. The molecule has 1 aliphatic rings. The first kappa shape index (κ1) is 21.1. The van der Waals surface area contributed by atoms with Crippen LogP contribution in [0, 0.1) is 5.82 Å². The van der Waals surface area contributed by atoms with Gasteiger partial charge in [-0.05, 0) is 37.2 Å². The van der Waals surface area contributed by atoms with E-state index in [9.17, 15) is 4.39 Å². The zero-order chi connectivity index (χ0) is 17.1. The predicted octanol–water partition coefficient (Wildman–Crippen LogP) is 3.41. The van der Waals surface area contributed by atoms with Crippen molar-refractivity contribution < 1.29 is 8.91 Å². The maximum absolute atomic E-state index is 13.0. The third kappa shape index (κ3) is 4.94. The monoisotopic (exact) mass is 411 g/mol. The van der Waals surface area contributed by atoms with E-state index in [1.54, 1.807) is 18.5 Å². The molecule has 4 rings (SSSR count). The lowest BCUT2D eigenvalue weighted by Crippen LogP contribution is -2.16. The van der Waals surface area contributed by atoms with Gasteiger partial charge in [-0.15, -0.1) is 24.8 Å². The fourth-order valence-corrected chi connectivity index (χ4v) is 2.95. The van der Waals surface area contributed by atoms with Crippen molar-refractivity contribution in [2.45, 2.75) is 19.4 Å². The van der Waals surface area contributed by atoms with Crippen LogP contribution in [0.3, 0.4) is 0 Å². The van der Waals surface area contributed by atoms with Crippen LogP contribution < -0.4 is 10.6 Å². The summed E-state index contributed by atoms with van der Waals surface area (Å²) in [6, 6.07) is 8.03. The minimum Gasteiger partial charge on any atom is -0.362 e. The maximum Gasteiger partial charge on any atom is 0.156 e. The molecule has 1 aromatic carbocycles. The van der Waals surface area contributed by atoms with Crippen molar-refractivity contribution in [1.29, 1.82) is 0 Å². The van der Waals surface area contributed by atoms with Crippen molar-refractivity contribution in [3.8, 4) is 11.3 Å². The fourth-order valence-electron chi connectivity index (χ4n) is 2.95. The topological polar surface area (TPSA) is 75.9 Å². The summed E-state index contributed by atoms with van der Waals surface area (Å²) in [7, 11) is 0. The third-order valence-corrected chi connectivity index (χ3v) is 4.25. The number of halogens is 3. The Morgan fingerprint density at radius 3 is 2.67 bits per heavy atom. The average Bonchev–Trinajstić information content (AvgIpc) is 2.97. The average molecular weight is 412 g/mol. The van der Waals surface area contributed by atoms with Crippen LogP contribution >= 0.6 is 24.8 Å². The molecule has 3 heterocycles. The summed E-state index contributed by atoms with van der Waals surface area (Å²) < 4.78 is 18.4. The third-order valence-electron chi connectivity index (χ3n) is 4.25. The van der Waals surface area contributed by atoms with Crippen molar-refractivity contribution in [3.63, 3.8) is 0 Å². The highest BCUT2D eigenvalue weighted by atomic mass is 35.5. The van der Waals surface area contributed by atoms with Crippen molar-refractivity contribution >= 4 is 30.6 Å². The minimum atomic E-state index is -0.270. The molecule has 0 atom stereocenters. The number of nitrogens with zero attached hydrogens (tertiary/aromatic N) is 3. The van der Waals surface area contributed by atoms with Gasteiger partial charge >= 0.3 is 0 Å². The van der Waals surface area contributed by atoms with E-state index in [2.05, 4.69) is 25.8 Å². The normalized spacial score (nSPS) is 12.9. The molecule has 0 saturated carbocycles. The van der Waals surface area contributed by atoms with Gasteiger partial charge in [-0.1, -0.05) is 5.16 Å². The van der Waals surface area contributed by atoms with Crippen LogP contribution in [-0.4, -0.2) is 28.2 Å². The van der Waals surface area contributed by atoms with E-state index >= 15 is 0 Å². The van der Waals surface area contributed by atoms with E-state index < -0.39 is 0 Å². The summed E-state index contributed by atoms with van der Waals surface area (Å²) in [5.41, 5.74) is 3.75. The zero-order valence-electron chi connectivity index (χ0n) is 14.4. The smallest absolute Gasteiger partial charge is 0.156 e. The number of anilines is 1. The van der Waals surface area contributed by atoms with E-state index in [4.69, 9.17) is 4.52 Å². The van der Waals surface area contributed by atoms with Crippen LogP contribution in [-0.2, 0) is 19.4 Å². The largest absolute Gasteiger partial charge is 0.362 e. The zero-order valence-corrected chi connectivity index (χ0v) is 16.1. The van der Waals surface area contributed by atoms with Crippen LogP contribution in [0.2, 0.25) is 0 Å². The molecule has 0 aliphatic carbocycles. The number of benzene rings is 1. The molecule has 0 fully saturated rings. The van der Waals surface area contributed by atoms with Gasteiger partial charge in [0.2, 0.25) is 0 Å². The van der Waals surface area contributed by atoms with Gasteiger partial charge in [0, 0.05) is 30.2 Å². The first-order valence-electron chi connectivity index (χ1n) is 8.28. The van der Waals surface area contributed by atoms with Crippen molar-refractivity contribution in [3.05, 3.63) is 59.5 Å². The van der Waals surface area contributed by atoms with E-state index in [1.807, 2.05) is 6.07 Å². The molecule has 0 radical (unpaired) electrons. The number of hydrogen-bond donors (Lipinski definition) is 2. The van der Waals surface area contributed by atoms with Gasteiger partial charge in [-0.2, -0.15) is 0 Å². The highest BCUT2D eigenvalue weighted by Crippen LogP contribution is 2.22. The van der Waals surface area contributed by atoms with Gasteiger partial charge in [0.1, 0.15) is 23.7 Å². The molecule has 0 unspecified atom stereocenters. The first-order chi connectivity index (χ1) is 12.3. The Hall–Kier alpha value is -2.22. The van der Waals surface area contributed by atoms with Gasteiger partial charge in [0.05, 0.1) is 12.2 Å². The predicted molar refractivity (Wildman–Crippen MR) is 106 cm³/mol. The van der Waals surface area contributed by atoms with Gasteiger partial charge < -0.3 is 15.2 Å². The van der Waals surface area contributed by atoms with Gasteiger partial charge in [0.15, 0.2) is 5.76 Å². The van der Waals surface area contributed by atoms with Crippen LogP contribution in [0.1, 0.15) is 17.0 Å². The fraction of sp³-hybridized carbons (Fsp3) is 0.278. The Kier molecular flexibility index (Phi) is 7.53. The number of hydrogen-bond acceptors (Lipinski definition) is 6. The molecule has 0 bridgehead atoms. The summed E-state index contributed by atoms with van der Waals surface area (Å²) >= 11 is 0. The molecule has 6 nitrogen and oxygen atoms in total. The molecule has 27 heavy (non-hydrogen) atoms. The summed E-state index contributed by atoms with van der Waals surface area (Å²) in [6.07, 6.45) is 3.40. The molecular weight excluding hydrogens is 392 g/mol. The van der Waals surface area contributed by atoms with Crippen LogP contribution in [0.5, 0.6) is 0 Å².